The number of carbonyl (C=O) groups is 1. The van der Waals surface area contributed by atoms with Crippen LogP contribution in [0.3, 0.4) is 0 Å². The van der Waals surface area contributed by atoms with Crippen molar-refractivity contribution in [3.05, 3.63) is 47.8 Å². The number of carbonyl (C=O) groups excluding carboxylic acids is 1. The summed E-state index contributed by atoms with van der Waals surface area (Å²) in [7, 11) is 7.38. The van der Waals surface area contributed by atoms with Gasteiger partial charge in [-0.1, -0.05) is 6.07 Å². The second-order valence-corrected chi connectivity index (χ2v) is 6.59. The number of likely N-dealkylation sites (N-methyl/N-ethyl adjacent to an activating group) is 1. The molecule has 0 radical (unpaired) electrons. The van der Waals surface area contributed by atoms with Crippen molar-refractivity contribution >= 4 is 11.9 Å². The van der Waals surface area contributed by atoms with Gasteiger partial charge < -0.3 is 29.6 Å². The Hall–Kier alpha value is -3.16. The largest absolute Gasteiger partial charge is 0.493 e. The lowest BCUT2D eigenvalue weighted by Crippen LogP contribution is -2.38. The molecule has 0 bridgehead atoms. The lowest BCUT2D eigenvalue weighted by molar-refractivity contribution is -0.123. The van der Waals surface area contributed by atoms with Gasteiger partial charge in [0.05, 0.1) is 13.7 Å². The molecule has 8 heteroatoms. The number of nitrogens with one attached hydrogen (secondary N) is 2. The molecular formula is C21H31N5O3. The van der Waals surface area contributed by atoms with E-state index in [-0.39, 0.29) is 12.5 Å². The van der Waals surface area contributed by atoms with Crippen molar-refractivity contribution in [3.8, 4) is 11.5 Å². The summed E-state index contributed by atoms with van der Waals surface area (Å²) in [5.74, 6) is 1.75. The Morgan fingerprint density at radius 3 is 2.66 bits per heavy atom. The van der Waals surface area contributed by atoms with Crippen LogP contribution in [0.15, 0.2) is 41.5 Å². The third-order valence-electron chi connectivity index (χ3n) is 4.44. The highest BCUT2D eigenvalue weighted by Gasteiger charge is 2.11. The van der Waals surface area contributed by atoms with Crippen LogP contribution in [0.4, 0.5) is 0 Å². The van der Waals surface area contributed by atoms with Crippen LogP contribution in [0.25, 0.3) is 0 Å². The first kappa shape index (κ1) is 22.1. The molecule has 0 spiro atoms. The monoisotopic (exact) mass is 401 g/mol. The van der Waals surface area contributed by atoms with Crippen LogP contribution in [0.2, 0.25) is 0 Å². The number of hydrogen-bond donors (Lipinski definition) is 2. The predicted molar refractivity (Wildman–Crippen MR) is 114 cm³/mol. The summed E-state index contributed by atoms with van der Waals surface area (Å²) in [6, 6.07) is 9.76. The maximum absolute atomic E-state index is 11.6. The Morgan fingerprint density at radius 2 is 2.03 bits per heavy atom. The van der Waals surface area contributed by atoms with Gasteiger partial charge in [0.25, 0.3) is 5.91 Å². The number of aryl methyl sites for hydroxylation is 1. The van der Waals surface area contributed by atoms with Crippen molar-refractivity contribution in [2.75, 3.05) is 34.4 Å². The summed E-state index contributed by atoms with van der Waals surface area (Å²) in [5.41, 5.74) is 2.21. The molecule has 0 fully saturated rings. The topological polar surface area (TPSA) is 80.1 Å². The third kappa shape index (κ3) is 6.44. The van der Waals surface area contributed by atoms with Gasteiger partial charge in [0.1, 0.15) is 0 Å². The van der Waals surface area contributed by atoms with Crippen LogP contribution < -0.4 is 20.1 Å². The number of aromatic nitrogens is 1. The Labute approximate surface area is 172 Å². The maximum atomic E-state index is 11.6. The molecule has 2 rings (SSSR count). The molecular weight excluding hydrogens is 370 g/mol. The van der Waals surface area contributed by atoms with Gasteiger partial charge in [-0.15, -0.1) is 0 Å². The summed E-state index contributed by atoms with van der Waals surface area (Å²) >= 11 is 0. The molecule has 0 unspecified atom stereocenters. The second kappa shape index (κ2) is 11.0. The van der Waals surface area contributed by atoms with Gasteiger partial charge >= 0.3 is 0 Å². The quantitative estimate of drug-likeness (QED) is 0.494. The van der Waals surface area contributed by atoms with E-state index < -0.39 is 0 Å². The smallest absolute Gasteiger partial charge is 0.257 e. The van der Waals surface area contributed by atoms with Crippen molar-refractivity contribution in [1.29, 1.82) is 0 Å². The first-order valence-electron chi connectivity index (χ1n) is 9.56. The molecule has 0 saturated carbocycles. The maximum Gasteiger partial charge on any atom is 0.257 e. The molecule has 1 aromatic heterocycles. The van der Waals surface area contributed by atoms with E-state index in [0.717, 1.165) is 18.1 Å². The van der Waals surface area contributed by atoms with E-state index in [0.29, 0.717) is 24.6 Å². The normalized spacial score (nSPS) is 11.1. The zero-order chi connectivity index (χ0) is 21.2. The fourth-order valence-corrected chi connectivity index (χ4v) is 2.88. The molecule has 0 aliphatic carbocycles. The Bertz CT molecular complexity index is 831. The molecule has 0 aliphatic rings. The van der Waals surface area contributed by atoms with Crippen molar-refractivity contribution in [1.82, 2.24) is 20.1 Å². The highest BCUT2D eigenvalue weighted by atomic mass is 16.5. The number of aliphatic imine (C=N–C) groups is 1. The number of benzene rings is 1. The van der Waals surface area contributed by atoms with Crippen molar-refractivity contribution < 1.29 is 14.3 Å². The van der Waals surface area contributed by atoms with E-state index in [2.05, 4.69) is 31.2 Å². The van der Waals surface area contributed by atoms with Crippen LogP contribution in [0.5, 0.6) is 11.5 Å². The molecule has 0 atom stereocenters. The fraction of sp³-hybridized carbons (Fsp3) is 0.429. The van der Waals surface area contributed by atoms with Crippen LogP contribution in [0.1, 0.15) is 18.2 Å². The number of amides is 1. The lowest BCUT2D eigenvalue weighted by atomic mass is 10.2. The van der Waals surface area contributed by atoms with E-state index in [1.807, 2.05) is 51.5 Å². The van der Waals surface area contributed by atoms with Crippen LogP contribution >= 0.6 is 0 Å². The fourth-order valence-electron chi connectivity index (χ4n) is 2.88. The van der Waals surface area contributed by atoms with Gasteiger partial charge in [0.2, 0.25) is 0 Å². The first-order chi connectivity index (χ1) is 14.0. The van der Waals surface area contributed by atoms with Crippen molar-refractivity contribution in [3.63, 3.8) is 0 Å². The molecule has 8 nitrogen and oxygen atoms in total. The number of nitrogens with zero attached hydrogens (tertiary/aromatic N) is 3. The van der Waals surface area contributed by atoms with Crippen LogP contribution in [-0.2, 0) is 24.9 Å². The molecule has 1 amide bonds. The molecule has 2 aromatic rings. The van der Waals surface area contributed by atoms with Crippen molar-refractivity contribution in [2.24, 2.45) is 12.0 Å². The molecule has 0 saturated heterocycles. The zero-order valence-corrected chi connectivity index (χ0v) is 17.9. The molecule has 158 valence electrons. The standard InChI is InChI=1S/C21H31N5O3/c1-6-23-20(27)15-29-18-10-9-16(12-19(18)28-5)13-24-21(22-2)26(4)14-17-8-7-11-25(17)3/h7-12H,6,13-15H2,1-5H3,(H,22,24)(H,23,27). The van der Waals surface area contributed by atoms with E-state index in [1.165, 1.54) is 5.69 Å². The summed E-state index contributed by atoms with van der Waals surface area (Å²) in [5, 5.41) is 6.06. The van der Waals surface area contributed by atoms with Crippen LogP contribution in [0, 0.1) is 0 Å². The van der Waals surface area contributed by atoms with E-state index >= 15 is 0 Å². The van der Waals surface area contributed by atoms with Gasteiger partial charge in [0.15, 0.2) is 24.1 Å². The third-order valence-corrected chi connectivity index (χ3v) is 4.44. The highest BCUT2D eigenvalue weighted by molar-refractivity contribution is 5.79. The number of rotatable bonds is 9. The number of methoxy groups -OCH3 is 1. The zero-order valence-electron chi connectivity index (χ0n) is 17.9. The van der Waals surface area contributed by atoms with Gasteiger partial charge in [-0.25, -0.2) is 0 Å². The van der Waals surface area contributed by atoms with E-state index in [9.17, 15) is 4.79 Å². The average molecular weight is 402 g/mol. The molecule has 0 aliphatic heterocycles. The molecule has 1 aromatic carbocycles. The van der Waals surface area contributed by atoms with Crippen LogP contribution in [-0.4, -0.2) is 55.7 Å². The summed E-state index contributed by atoms with van der Waals surface area (Å²) < 4.78 is 13.1. The van der Waals surface area contributed by atoms with Gasteiger partial charge in [-0.05, 0) is 36.8 Å². The lowest BCUT2D eigenvalue weighted by Gasteiger charge is -2.22. The Morgan fingerprint density at radius 1 is 1.24 bits per heavy atom. The number of guanidine groups is 1. The van der Waals surface area contributed by atoms with E-state index in [1.54, 1.807) is 14.2 Å². The molecule has 1 heterocycles. The average Bonchev–Trinajstić information content (AvgIpc) is 3.11. The minimum absolute atomic E-state index is 0.0433. The number of hydrogen-bond acceptors (Lipinski definition) is 4. The minimum Gasteiger partial charge on any atom is -0.493 e. The van der Waals surface area contributed by atoms with Gasteiger partial charge in [-0.2, -0.15) is 0 Å². The van der Waals surface area contributed by atoms with Crippen molar-refractivity contribution in [2.45, 2.75) is 20.0 Å². The number of ether oxygens (including phenoxy) is 2. The summed E-state index contributed by atoms with van der Waals surface area (Å²) in [4.78, 5) is 18.0. The Kier molecular flexibility index (Phi) is 8.39. The molecule has 2 N–H and O–H groups in total. The highest BCUT2D eigenvalue weighted by Crippen LogP contribution is 2.28. The SMILES string of the molecule is CCNC(=O)COc1ccc(CNC(=NC)N(C)Cc2cccn2C)cc1OC. The predicted octanol–water partition coefficient (Wildman–Crippen LogP) is 1.76. The van der Waals surface area contributed by atoms with Gasteiger partial charge in [0, 0.05) is 46.1 Å². The molecule has 29 heavy (non-hydrogen) atoms. The Balaban J connectivity index is 1.96. The summed E-state index contributed by atoms with van der Waals surface area (Å²) in [6.45, 7) is 3.73. The van der Waals surface area contributed by atoms with E-state index in [4.69, 9.17) is 9.47 Å². The van der Waals surface area contributed by atoms with Gasteiger partial charge in [-0.3, -0.25) is 9.79 Å². The second-order valence-electron chi connectivity index (χ2n) is 6.59. The summed E-state index contributed by atoms with van der Waals surface area (Å²) in [6.07, 6.45) is 2.03. The minimum atomic E-state index is -0.162. The first-order valence-corrected chi connectivity index (χ1v) is 9.56.